The molecule has 2 fully saturated rings. The van der Waals surface area contributed by atoms with Gasteiger partial charge in [-0.1, -0.05) is 54.6 Å². The van der Waals surface area contributed by atoms with E-state index in [9.17, 15) is 24.6 Å². The molecule has 0 aliphatic heterocycles. The van der Waals surface area contributed by atoms with E-state index in [4.69, 9.17) is 4.74 Å². The lowest BCUT2D eigenvalue weighted by Gasteiger charge is -2.52. The lowest BCUT2D eigenvalue weighted by molar-refractivity contribution is -0.117. The Morgan fingerprint density at radius 3 is 2.15 bits per heavy atom. The Hall–Kier alpha value is -4.44. The number of amides is 3. The van der Waals surface area contributed by atoms with E-state index in [1.54, 1.807) is 20.2 Å². The van der Waals surface area contributed by atoms with Crippen molar-refractivity contribution in [2.45, 2.75) is 95.4 Å². The van der Waals surface area contributed by atoms with Gasteiger partial charge in [-0.05, 0) is 87.6 Å². The molecular formula is C37H46N4O6. The first-order chi connectivity index (χ1) is 22.1. The minimum absolute atomic E-state index is 0.00103. The zero-order chi connectivity index (χ0) is 34.0. The molecule has 10 heteroatoms. The molecule has 0 bridgehead atoms. The number of nitrogens with one attached hydrogen (secondary N) is 2. The Morgan fingerprint density at radius 2 is 1.57 bits per heavy atom. The SMILES string of the molecule is CN(C(=O)O)C1CCC(CC(=O)Nc2cc(-c3ccccc3)c(-c3ccc([C@]4(NC(=O)OC(C)(C)C)C[C@](C)(O)C4)cc3)cn2)CC1. The van der Waals surface area contributed by atoms with Crippen molar-refractivity contribution in [3.8, 4) is 22.3 Å². The van der Waals surface area contributed by atoms with E-state index in [1.807, 2.05) is 81.4 Å². The highest BCUT2D eigenvalue weighted by Gasteiger charge is 2.53. The summed E-state index contributed by atoms with van der Waals surface area (Å²) in [6.45, 7) is 7.21. The molecule has 3 amide bonds. The molecule has 0 atom stereocenters. The summed E-state index contributed by atoms with van der Waals surface area (Å²) >= 11 is 0. The summed E-state index contributed by atoms with van der Waals surface area (Å²) in [5.74, 6) is 0.556. The van der Waals surface area contributed by atoms with Gasteiger partial charge in [0.15, 0.2) is 0 Å². The molecule has 250 valence electrons. The summed E-state index contributed by atoms with van der Waals surface area (Å²) in [6.07, 6.45) is 4.53. The standard InChI is InChI=1S/C37H46N4O6/c1-35(2,3)47-33(43)40-37(22-36(4,46)23-37)27-15-13-26(14-16-27)30-21-38-31(20-29(30)25-9-7-6-8-10-25)39-32(42)19-24-11-17-28(18-12-24)41(5)34(44)45/h6-10,13-16,20-21,24,28,46H,11-12,17-19,22-23H2,1-5H3,(H,40,43)(H,44,45)(H,38,39,42)/t24?,28?,36-,37-. The zero-order valence-corrected chi connectivity index (χ0v) is 27.9. The van der Waals surface area contributed by atoms with Crippen LogP contribution in [0.2, 0.25) is 0 Å². The number of hydrogen-bond acceptors (Lipinski definition) is 6. The minimum atomic E-state index is -0.919. The molecule has 5 rings (SSSR count). The van der Waals surface area contributed by atoms with Gasteiger partial charge in [-0.2, -0.15) is 0 Å². The number of carboxylic acid groups (broad SMARTS) is 1. The van der Waals surface area contributed by atoms with Crippen LogP contribution in [0, 0.1) is 5.92 Å². The van der Waals surface area contributed by atoms with Crippen LogP contribution in [0.1, 0.15) is 78.2 Å². The van der Waals surface area contributed by atoms with Crippen LogP contribution in [0.5, 0.6) is 0 Å². The molecule has 0 radical (unpaired) electrons. The van der Waals surface area contributed by atoms with Gasteiger partial charge in [0.05, 0.1) is 11.1 Å². The predicted octanol–water partition coefficient (Wildman–Crippen LogP) is 7.18. The van der Waals surface area contributed by atoms with E-state index >= 15 is 0 Å². The summed E-state index contributed by atoms with van der Waals surface area (Å²) in [5, 5.41) is 25.9. The molecule has 2 aromatic carbocycles. The summed E-state index contributed by atoms with van der Waals surface area (Å²) in [5.41, 5.74) is 2.28. The molecule has 47 heavy (non-hydrogen) atoms. The maximum absolute atomic E-state index is 13.1. The number of pyridine rings is 1. The first-order valence-corrected chi connectivity index (χ1v) is 16.3. The van der Waals surface area contributed by atoms with E-state index in [0.717, 1.165) is 53.5 Å². The third-order valence-corrected chi connectivity index (χ3v) is 9.25. The number of rotatable bonds is 8. The maximum atomic E-state index is 13.1. The van der Waals surface area contributed by atoms with Crippen LogP contribution in [-0.2, 0) is 15.1 Å². The van der Waals surface area contributed by atoms with Gasteiger partial charge in [-0.25, -0.2) is 14.6 Å². The fraction of sp³-hybridized carbons (Fsp3) is 0.459. The molecule has 2 aliphatic rings. The second-order valence-electron chi connectivity index (χ2n) is 14.4. The van der Waals surface area contributed by atoms with Gasteiger partial charge in [0, 0.05) is 44.1 Å². The van der Waals surface area contributed by atoms with Crippen LogP contribution in [0.15, 0.2) is 66.9 Å². The number of aliphatic hydroxyl groups is 1. The topological polar surface area (TPSA) is 141 Å². The average Bonchev–Trinajstić information content (AvgIpc) is 2.99. The number of alkyl carbamates (subject to hydrolysis) is 1. The largest absolute Gasteiger partial charge is 0.465 e. The normalized spacial score (nSPS) is 24.0. The van der Waals surface area contributed by atoms with Crippen molar-refractivity contribution in [1.82, 2.24) is 15.2 Å². The van der Waals surface area contributed by atoms with Crippen molar-refractivity contribution in [2.75, 3.05) is 12.4 Å². The number of aromatic nitrogens is 1. The second kappa shape index (κ2) is 13.4. The molecule has 10 nitrogen and oxygen atoms in total. The summed E-state index contributed by atoms with van der Waals surface area (Å²) in [4.78, 5) is 43.1. The molecule has 0 saturated heterocycles. The van der Waals surface area contributed by atoms with Crippen molar-refractivity contribution in [3.63, 3.8) is 0 Å². The summed E-state index contributed by atoms with van der Waals surface area (Å²) in [6, 6.07) is 19.7. The van der Waals surface area contributed by atoms with Crippen molar-refractivity contribution in [2.24, 2.45) is 5.92 Å². The minimum Gasteiger partial charge on any atom is -0.465 e. The smallest absolute Gasteiger partial charge is 0.408 e. The molecule has 1 heterocycles. The molecule has 0 spiro atoms. The first-order valence-electron chi connectivity index (χ1n) is 16.3. The van der Waals surface area contributed by atoms with E-state index in [-0.39, 0.29) is 17.9 Å². The molecule has 3 aromatic rings. The van der Waals surface area contributed by atoms with Crippen LogP contribution in [-0.4, -0.2) is 62.5 Å². The van der Waals surface area contributed by atoms with E-state index in [2.05, 4.69) is 15.6 Å². The molecule has 2 aliphatic carbocycles. The number of benzene rings is 2. The summed E-state index contributed by atoms with van der Waals surface area (Å²) in [7, 11) is 1.61. The van der Waals surface area contributed by atoms with Gasteiger partial charge < -0.3 is 30.5 Å². The van der Waals surface area contributed by atoms with Gasteiger partial charge in [0.2, 0.25) is 5.91 Å². The highest BCUT2D eigenvalue weighted by molar-refractivity contribution is 5.92. The quantitative estimate of drug-likeness (QED) is 0.204. The molecule has 4 N–H and O–H groups in total. The molecule has 1 aromatic heterocycles. The highest BCUT2D eigenvalue weighted by Crippen LogP contribution is 2.49. The van der Waals surface area contributed by atoms with Gasteiger partial charge >= 0.3 is 12.2 Å². The number of carbonyl (C=O) groups is 3. The van der Waals surface area contributed by atoms with Crippen LogP contribution < -0.4 is 10.6 Å². The highest BCUT2D eigenvalue weighted by atomic mass is 16.6. The molecule has 0 unspecified atom stereocenters. The van der Waals surface area contributed by atoms with Crippen molar-refractivity contribution in [1.29, 1.82) is 0 Å². The van der Waals surface area contributed by atoms with Crippen molar-refractivity contribution < 1.29 is 29.3 Å². The number of ether oxygens (including phenoxy) is 1. The van der Waals surface area contributed by atoms with Crippen LogP contribution in [0.3, 0.4) is 0 Å². The Morgan fingerprint density at radius 1 is 0.957 bits per heavy atom. The van der Waals surface area contributed by atoms with Crippen LogP contribution in [0.4, 0.5) is 15.4 Å². The second-order valence-corrected chi connectivity index (χ2v) is 14.4. The number of anilines is 1. The molecule has 2 saturated carbocycles. The monoisotopic (exact) mass is 642 g/mol. The molecular weight excluding hydrogens is 596 g/mol. The van der Waals surface area contributed by atoms with Gasteiger partial charge in [-0.15, -0.1) is 0 Å². The van der Waals surface area contributed by atoms with E-state index < -0.39 is 28.9 Å². The van der Waals surface area contributed by atoms with Gasteiger partial charge in [0.1, 0.15) is 11.4 Å². The average molecular weight is 643 g/mol. The van der Waals surface area contributed by atoms with Gasteiger partial charge in [-0.3, -0.25) is 4.79 Å². The zero-order valence-electron chi connectivity index (χ0n) is 27.9. The third kappa shape index (κ3) is 8.29. The lowest BCUT2D eigenvalue weighted by atomic mass is 9.62. The predicted molar refractivity (Wildman–Crippen MR) is 181 cm³/mol. The van der Waals surface area contributed by atoms with Crippen LogP contribution >= 0.6 is 0 Å². The third-order valence-electron chi connectivity index (χ3n) is 9.25. The number of carbonyl (C=O) groups excluding carboxylic acids is 2. The van der Waals surface area contributed by atoms with Crippen molar-refractivity contribution >= 4 is 23.9 Å². The van der Waals surface area contributed by atoms with E-state index in [1.165, 1.54) is 4.90 Å². The first kappa shape index (κ1) is 33.9. The fourth-order valence-electron chi connectivity index (χ4n) is 7.04. The van der Waals surface area contributed by atoms with Gasteiger partial charge in [0.25, 0.3) is 0 Å². The maximum Gasteiger partial charge on any atom is 0.408 e. The van der Waals surface area contributed by atoms with Crippen molar-refractivity contribution in [3.05, 3.63) is 72.4 Å². The Bertz CT molecular complexity index is 1580. The summed E-state index contributed by atoms with van der Waals surface area (Å²) < 4.78 is 5.53. The Kier molecular flexibility index (Phi) is 9.63. The number of hydrogen-bond donors (Lipinski definition) is 4. The fourth-order valence-corrected chi connectivity index (χ4v) is 7.04. The van der Waals surface area contributed by atoms with Crippen LogP contribution in [0.25, 0.3) is 22.3 Å². The Balaban J connectivity index is 1.33. The lowest BCUT2D eigenvalue weighted by Crippen LogP contribution is -2.62. The number of nitrogens with zero attached hydrogens (tertiary/aromatic N) is 2. The Labute approximate surface area is 276 Å². The van der Waals surface area contributed by atoms with E-state index in [0.29, 0.717) is 25.1 Å².